The van der Waals surface area contributed by atoms with Gasteiger partial charge in [0.1, 0.15) is 11.6 Å². The zero-order valence-corrected chi connectivity index (χ0v) is 13.6. The van der Waals surface area contributed by atoms with E-state index in [0.29, 0.717) is 11.1 Å². The number of nitrogens with one attached hydrogen (secondary N) is 2. The Morgan fingerprint density at radius 3 is 2.43 bits per heavy atom. The summed E-state index contributed by atoms with van der Waals surface area (Å²) in [6.07, 6.45) is -0.686. The smallest absolute Gasteiger partial charge is 0.408 e. The minimum atomic E-state index is -0.988. The van der Waals surface area contributed by atoms with E-state index in [0.717, 1.165) is 0 Å². The Labute approximate surface area is 134 Å². The number of carbonyl (C=O) groups is 2. The molecule has 0 aliphatic rings. The molecule has 0 aliphatic carbocycles. The van der Waals surface area contributed by atoms with Gasteiger partial charge in [0, 0.05) is 6.42 Å². The quantitative estimate of drug-likeness (QED) is 0.241. The number of amides is 2. The van der Waals surface area contributed by atoms with Gasteiger partial charge in [-0.1, -0.05) is 6.07 Å². The number of alkyl carbamates (subject to hydrolysis) is 1. The van der Waals surface area contributed by atoms with Crippen molar-refractivity contribution < 1.29 is 24.5 Å². The normalized spacial score (nSPS) is 12.4. The number of hydrazine groups is 1. The molecule has 1 rings (SSSR count). The van der Waals surface area contributed by atoms with Crippen molar-refractivity contribution in [1.82, 2.24) is 10.7 Å². The number of phenols is 2. The van der Waals surface area contributed by atoms with E-state index < -0.39 is 23.6 Å². The van der Waals surface area contributed by atoms with Crippen LogP contribution in [0.2, 0.25) is 0 Å². The maximum Gasteiger partial charge on any atom is 0.408 e. The van der Waals surface area contributed by atoms with Gasteiger partial charge in [-0.05, 0) is 44.9 Å². The lowest BCUT2D eigenvalue weighted by molar-refractivity contribution is -0.123. The van der Waals surface area contributed by atoms with E-state index in [1.165, 1.54) is 6.07 Å². The number of hydrogen-bond acceptors (Lipinski definition) is 6. The molecule has 0 aromatic heterocycles. The predicted octanol–water partition coefficient (Wildman–Crippen LogP) is 0.832. The van der Waals surface area contributed by atoms with Crippen molar-refractivity contribution in [2.45, 2.75) is 45.8 Å². The van der Waals surface area contributed by atoms with Crippen LogP contribution in [-0.2, 0) is 16.0 Å². The third kappa shape index (κ3) is 5.33. The van der Waals surface area contributed by atoms with Crippen LogP contribution in [0.15, 0.2) is 12.1 Å². The fraction of sp³-hybridized carbons (Fsp3) is 0.467. The summed E-state index contributed by atoms with van der Waals surface area (Å²) in [4.78, 5) is 23.7. The largest absolute Gasteiger partial charge is 0.504 e. The molecule has 0 saturated heterocycles. The highest BCUT2D eigenvalue weighted by Crippen LogP contribution is 2.31. The Balaban J connectivity index is 2.94. The Hall–Kier alpha value is -2.48. The minimum absolute atomic E-state index is 0.0714. The summed E-state index contributed by atoms with van der Waals surface area (Å²) < 4.78 is 5.11. The van der Waals surface area contributed by atoms with Crippen LogP contribution in [0.3, 0.4) is 0 Å². The highest BCUT2D eigenvalue weighted by Gasteiger charge is 2.25. The van der Waals surface area contributed by atoms with Gasteiger partial charge >= 0.3 is 6.09 Å². The monoisotopic (exact) mass is 325 g/mol. The SMILES string of the molecule is Cc1c(C[C@@H](NC(=O)OC(C)(C)C)C(=O)NN)ccc(O)c1O. The maximum atomic E-state index is 11.9. The van der Waals surface area contributed by atoms with Crippen LogP contribution in [0.25, 0.3) is 0 Å². The molecule has 128 valence electrons. The van der Waals surface area contributed by atoms with E-state index in [4.69, 9.17) is 10.6 Å². The molecule has 1 aromatic carbocycles. The van der Waals surface area contributed by atoms with Gasteiger partial charge < -0.3 is 20.3 Å². The van der Waals surface area contributed by atoms with E-state index in [2.05, 4.69) is 5.32 Å². The van der Waals surface area contributed by atoms with E-state index in [1.807, 2.05) is 5.43 Å². The second kappa shape index (κ2) is 7.19. The van der Waals surface area contributed by atoms with Crippen molar-refractivity contribution in [3.05, 3.63) is 23.3 Å². The van der Waals surface area contributed by atoms with Crippen molar-refractivity contribution in [3.63, 3.8) is 0 Å². The second-order valence-corrected chi connectivity index (χ2v) is 6.13. The molecule has 0 spiro atoms. The number of benzene rings is 1. The summed E-state index contributed by atoms with van der Waals surface area (Å²) in [5.41, 5.74) is 2.25. The Kier molecular flexibility index (Phi) is 5.80. The fourth-order valence-electron chi connectivity index (χ4n) is 1.93. The highest BCUT2D eigenvalue weighted by atomic mass is 16.6. The molecule has 0 aliphatic heterocycles. The zero-order chi connectivity index (χ0) is 17.8. The number of rotatable bonds is 4. The minimum Gasteiger partial charge on any atom is -0.504 e. The highest BCUT2D eigenvalue weighted by molar-refractivity contribution is 5.85. The first-order valence-electron chi connectivity index (χ1n) is 7.05. The molecule has 0 saturated carbocycles. The first-order valence-corrected chi connectivity index (χ1v) is 7.05. The van der Waals surface area contributed by atoms with Gasteiger partial charge in [-0.25, -0.2) is 10.6 Å². The summed E-state index contributed by atoms with van der Waals surface area (Å²) in [5, 5.41) is 21.6. The van der Waals surface area contributed by atoms with Crippen molar-refractivity contribution >= 4 is 12.0 Å². The van der Waals surface area contributed by atoms with Gasteiger partial charge in [0.15, 0.2) is 11.5 Å². The molecule has 8 nitrogen and oxygen atoms in total. The van der Waals surface area contributed by atoms with Gasteiger partial charge in [0.2, 0.25) is 0 Å². The molecule has 0 bridgehead atoms. The molecule has 6 N–H and O–H groups in total. The molecule has 0 fully saturated rings. The second-order valence-electron chi connectivity index (χ2n) is 6.13. The molecule has 1 atom stereocenters. The summed E-state index contributed by atoms with van der Waals surface area (Å²) in [6, 6.07) is 1.87. The molecule has 0 heterocycles. The van der Waals surface area contributed by atoms with E-state index in [1.54, 1.807) is 33.8 Å². The molecule has 0 unspecified atom stereocenters. The number of nitrogens with two attached hydrogens (primary N) is 1. The van der Waals surface area contributed by atoms with Crippen molar-refractivity contribution in [2.24, 2.45) is 5.84 Å². The van der Waals surface area contributed by atoms with E-state index in [9.17, 15) is 19.8 Å². The summed E-state index contributed by atoms with van der Waals surface area (Å²) >= 11 is 0. The average molecular weight is 325 g/mol. The van der Waals surface area contributed by atoms with Gasteiger partial charge in [0.05, 0.1) is 0 Å². The standard InChI is InChI=1S/C15H23N3O5/c1-8-9(5-6-11(19)12(8)20)7-10(13(21)18-16)17-14(22)23-15(2,3)4/h5-6,10,19-20H,7,16H2,1-4H3,(H,17,22)(H,18,21)/t10-/m1/s1. The molecule has 2 amide bonds. The Bertz CT molecular complexity index is 596. The van der Waals surface area contributed by atoms with Crippen molar-refractivity contribution in [2.75, 3.05) is 0 Å². The van der Waals surface area contributed by atoms with Gasteiger partial charge in [-0.3, -0.25) is 10.2 Å². The van der Waals surface area contributed by atoms with Crippen LogP contribution in [0, 0.1) is 6.92 Å². The number of aromatic hydroxyl groups is 2. The number of phenolic OH excluding ortho intramolecular Hbond substituents is 2. The molecular formula is C15H23N3O5. The van der Waals surface area contributed by atoms with Gasteiger partial charge in [0.25, 0.3) is 5.91 Å². The first-order chi connectivity index (χ1) is 10.5. The Morgan fingerprint density at radius 2 is 1.91 bits per heavy atom. The van der Waals surface area contributed by atoms with Crippen molar-refractivity contribution in [3.8, 4) is 11.5 Å². The van der Waals surface area contributed by atoms with Crippen LogP contribution < -0.4 is 16.6 Å². The zero-order valence-electron chi connectivity index (χ0n) is 13.6. The molecule has 1 aromatic rings. The molecule has 8 heteroatoms. The van der Waals surface area contributed by atoms with Gasteiger partial charge in [-0.2, -0.15) is 0 Å². The topological polar surface area (TPSA) is 134 Å². The van der Waals surface area contributed by atoms with E-state index in [-0.39, 0.29) is 17.9 Å². The lowest BCUT2D eigenvalue weighted by Crippen LogP contribution is -2.51. The first kappa shape index (κ1) is 18.6. The summed E-state index contributed by atoms with van der Waals surface area (Å²) in [5.74, 6) is 4.00. The number of hydrogen-bond donors (Lipinski definition) is 5. The fourth-order valence-corrected chi connectivity index (χ4v) is 1.93. The molecule has 0 radical (unpaired) electrons. The number of carbonyl (C=O) groups excluding carboxylic acids is 2. The van der Waals surface area contributed by atoms with Crippen molar-refractivity contribution in [1.29, 1.82) is 0 Å². The lowest BCUT2D eigenvalue weighted by Gasteiger charge is -2.23. The molecule has 23 heavy (non-hydrogen) atoms. The number of ether oxygens (including phenoxy) is 1. The van der Waals surface area contributed by atoms with Crippen LogP contribution in [0.5, 0.6) is 11.5 Å². The Morgan fingerprint density at radius 1 is 1.30 bits per heavy atom. The van der Waals surface area contributed by atoms with Crippen LogP contribution >= 0.6 is 0 Å². The summed E-state index contributed by atoms with van der Waals surface area (Å²) in [6.45, 7) is 6.70. The lowest BCUT2D eigenvalue weighted by atomic mass is 9.99. The van der Waals surface area contributed by atoms with E-state index >= 15 is 0 Å². The van der Waals surface area contributed by atoms with Crippen LogP contribution in [0.4, 0.5) is 4.79 Å². The molecular weight excluding hydrogens is 302 g/mol. The van der Waals surface area contributed by atoms with Gasteiger partial charge in [-0.15, -0.1) is 0 Å². The van der Waals surface area contributed by atoms with Crippen LogP contribution in [-0.4, -0.2) is 33.9 Å². The predicted molar refractivity (Wildman–Crippen MR) is 83.7 cm³/mol. The maximum absolute atomic E-state index is 11.9. The average Bonchev–Trinajstić information content (AvgIpc) is 2.44. The summed E-state index contributed by atoms with van der Waals surface area (Å²) in [7, 11) is 0. The third-order valence-electron chi connectivity index (χ3n) is 3.10. The van der Waals surface area contributed by atoms with Crippen LogP contribution in [0.1, 0.15) is 31.9 Å². The third-order valence-corrected chi connectivity index (χ3v) is 3.10.